The Hall–Kier alpha value is -2.20. The van der Waals surface area contributed by atoms with Crippen LogP contribution < -0.4 is 5.73 Å². The Balaban J connectivity index is 2.30. The zero-order valence-corrected chi connectivity index (χ0v) is 11.5. The lowest BCUT2D eigenvalue weighted by molar-refractivity contribution is -0.384. The van der Waals surface area contributed by atoms with E-state index in [1.54, 1.807) is 12.1 Å². The lowest BCUT2D eigenvalue weighted by atomic mass is 9.94. The van der Waals surface area contributed by atoms with Gasteiger partial charge in [-0.25, -0.2) is 0 Å². The summed E-state index contributed by atoms with van der Waals surface area (Å²) in [4.78, 5) is 10.5. The van der Waals surface area contributed by atoms with Crippen LogP contribution in [0.4, 0.5) is 5.69 Å². The van der Waals surface area contributed by atoms with Crippen molar-refractivity contribution >= 4 is 5.69 Å². The molecule has 0 radical (unpaired) electrons. The molecule has 2 aromatic rings. The minimum absolute atomic E-state index is 0.0979. The van der Waals surface area contributed by atoms with Crippen LogP contribution in [0.3, 0.4) is 0 Å². The molecule has 0 spiro atoms. The van der Waals surface area contributed by atoms with Gasteiger partial charge in [0.15, 0.2) is 0 Å². The molecule has 0 saturated heterocycles. The second-order valence-electron chi connectivity index (χ2n) is 4.79. The SMILES string of the molecule is CCc1ccc([N+](=O)[O-])cc1C(N)Cc1ccccc1. The summed E-state index contributed by atoms with van der Waals surface area (Å²) in [5, 5.41) is 10.9. The fourth-order valence-electron chi connectivity index (χ4n) is 2.34. The van der Waals surface area contributed by atoms with Gasteiger partial charge in [-0.1, -0.05) is 43.3 Å². The molecule has 0 saturated carbocycles. The lowest BCUT2D eigenvalue weighted by Gasteiger charge is -2.16. The van der Waals surface area contributed by atoms with E-state index in [1.807, 2.05) is 37.3 Å². The van der Waals surface area contributed by atoms with Gasteiger partial charge in [0.25, 0.3) is 5.69 Å². The Labute approximate surface area is 118 Å². The maximum Gasteiger partial charge on any atom is 0.269 e. The smallest absolute Gasteiger partial charge is 0.269 e. The molecule has 0 aliphatic carbocycles. The van der Waals surface area contributed by atoms with Crippen LogP contribution in [0.5, 0.6) is 0 Å². The Morgan fingerprint density at radius 2 is 1.90 bits per heavy atom. The summed E-state index contributed by atoms with van der Waals surface area (Å²) in [5.74, 6) is 0. The van der Waals surface area contributed by atoms with Gasteiger partial charge in [-0.05, 0) is 29.5 Å². The summed E-state index contributed by atoms with van der Waals surface area (Å²) < 4.78 is 0. The molecule has 2 aromatic carbocycles. The second kappa shape index (κ2) is 6.30. The molecule has 1 atom stereocenters. The van der Waals surface area contributed by atoms with Crippen molar-refractivity contribution in [3.8, 4) is 0 Å². The molecule has 20 heavy (non-hydrogen) atoms. The number of nitrogens with zero attached hydrogens (tertiary/aromatic N) is 1. The maximum absolute atomic E-state index is 10.9. The molecular formula is C16H18N2O2. The second-order valence-corrected chi connectivity index (χ2v) is 4.79. The third-order valence-electron chi connectivity index (χ3n) is 3.42. The molecule has 2 N–H and O–H groups in total. The average molecular weight is 270 g/mol. The van der Waals surface area contributed by atoms with E-state index in [1.165, 1.54) is 6.07 Å². The highest BCUT2D eigenvalue weighted by molar-refractivity contribution is 5.42. The highest BCUT2D eigenvalue weighted by Gasteiger charge is 2.15. The molecular weight excluding hydrogens is 252 g/mol. The number of hydrogen-bond donors (Lipinski definition) is 1. The number of rotatable bonds is 5. The van der Waals surface area contributed by atoms with Gasteiger partial charge in [-0.15, -0.1) is 0 Å². The van der Waals surface area contributed by atoms with Crippen molar-refractivity contribution in [1.82, 2.24) is 0 Å². The van der Waals surface area contributed by atoms with Crippen molar-refractivity contribution in [1.29, 1.82) is 0 Å². The van der Waals surface area contributed by atoms with E-state index in [0.29, 0.717) is 6.42 Å². The highest BCUT2D eigenvalue weighted by Crippen LogP contribution is 2.25. The van der Waals surface area contributed by atoms with Crippen LogP contribution >= 0.6 is 0 Å². The fourth-order valence-corrected chi connectivity index (χ4v) is 2.34. The fraction of sp³-hybridized carbons (Fsp3) is 0.250. The minimum Gasteiger partial charge on any atom is -0.324 e. The number of non-ortho nitro benzene ring substituents is 1. The Morgan fingerprint density at radius 1 is 1.20 bits per heavy atom. The van der Waals surface area contributed by atoms with E-state index in [0.717, 1.165) is 23.1 Å². The van der Waals surface area contributed by atoms with Gasteiger partial charge < -0.3 is 5.73 Å². The van der Waals surface area contributed by atoms with E-state index >= 15 is 0 Å². The van der Waals surface area contributed by atoms with Crippen LogP contribution in [-0.2, 0) is 12.8 Å². The summed E-state index contributed by atoms with van der Waals surface area (Å²) in [6.45, 7) is 2.03. The van der Waals surface area contributed by atoms with Crippen LogP contribution in [0.2, 0.25) is 0 Å². The van der Waals surface area contributed by atoms with Crippen molar-refractivity contribution in [3.63, 3.8) is 0 Å². The van der Waals surface area contributed by atoms with Crippen LogP contribution in [0.25, 0.3) is 0 Å². The molecule has 0 amide bonds. The topological polar surface area (TPSA) is 69.2 Å². The van der Waals surface area contributed by atoms with Crippen LogP contribution in [-0.4, -0.2) is 4.92 Å². The largest absolute Gasteiger partial charge is 0.324 e. The number of nitro groups is 1. The molecule has 0 aliphatic rings. The molecule has 0 bridgehead atoms. The van der Waals surface area contributed by atoms with Crippen molar-refractivity contribution in [2.75, 3.05) is 0 Å². The molecule has 4 heteroatoms. The summed E-state index contributed by atoms with van der Waals surface area (Å²) >= 11 is 0. The molecule has 104 valence electrons. The zero-order valence-electron chi connectivity index (χ0n) is 11.5. The first-order valence-electron chi connectivity index (χ1n) is 6.68. The first-order valence-corrected chi connectivity index (χ1v) is 6.68. The summed E-state index contributed by atoms with van der Waals surface area (Å²) in [6, 6.07) is 14.6. The zero-order chi connectivity index (χ0) is 14.5. The Morgan fingerprint density at radius 3 is 2.50 bits per heavy atom. The number of hydrogen-bond acceptors (Lipinski definition) is 3. The van der Waals surface area contributed by atoms with Crippen LogP contribution in [0, 0.1) is 10.1 Å². The molecule has 4 nitrogen and oxygen atoms in total. The van der Waals surface area contributed by atoms with E-state index in [2.05, 4.69) is 0 Å². The maximum atomic E-state index is 10.9. The lowest BCUT2D eigenvalue weighted by Crippen LogP contribution is -2.15. The van der Waals surface area contributed by atoms with Gasteiger partial charge >= 0.3 is 0 Å². The van der Waals surface area contributed by atoms with Crippen molar-refractivity contribution in [2.45, 2.75) is 25.8 Å². The Kier molecular flexibility index (Phi) is 4.48. The van der Waals surface area contributed by atoms with Gasteiger partial charge in [0.05, 0.1) is 4.92 Å². The number of nitro benzene ring substituents is 1. The minimum atomic E-state index is -0.377. The Bertz CT molecular complexity index is 597. The monoisotopic (exact) mass is 270 g/mol. The van der Waals surface area contributed by atoms with E-state index in [9.17, 15) is 10.1 Å². The van der Waals surface area contributed by atoms with Crippen molar-refractivity contribution in [2.24, 2.45) is 5.73 Å². The van der Waals surface area contributed by atoms with Crippen molar-refractivity contribution < 1.29 is 4.92 Å². The molecule has 0 heterocycles. The van der Waals surface area contributed by atoms with E-state index in [-0.39, 0.29) is 16.7 Å². The van der Waals surface area contributed by atoms with E-state index in [4.69, 9.17) is 5.73 Å². The van der Waals surface area contributed by atoms with Crippen LogP contribution in [0.1, 0.15) is 29.7 Å². The summed E-state index contributed by atoms with van der Waals surface area (Å²) in [7, 11) is 0. The predicted octanol–water partition coefficient (Wildman–Crippen LogP) is 3.40. The normalized spacial score (nSPS) is 12.1. The van der Waals surface area contributed by atoms with Gasteiger partial charge in [0.2, 0.25) is 0 Å². The van der Waals surface area contributed by atoms with E-state index < -0.39 is 0 Å². The third kappa shape index (κ3) is 3.22. The number of nitrogens with two attached hydrogens (primary N) is 1. The molecule has 1 unspecified atom stereocenters. The highest BCUT2D eigenvalue weighted by atomic mass is 16.6. The summed E-state index contributed by atoms with van der Waals surface area (Å²) in [6.07, 6.45) is 1.49. The first kappa shape index (κ1) is 14.2. The van der Waals surface area contributed by atoms with Gasteiger partial charge in [-0.3, -0.25) is 10.1 Å². The van der Waals surface area contributed by atoms with Crippen molar-refractivity contribution in [3.05, 3.63) is 75.3 Å². The van der Waals surface area contributed by atoms with Gasteiger partial charge in [0, 0.05) is 18.2 Å². The van der Waals surface area contributed by atoms with Gasteiger partial charge in [0.1, 0.15) is 0 Å². The first-order chi connectivity index (χ1) is 9.61. The predicted molar refractivity (Wildman–Crippen MR) is 79.5 cm³/mol. The third-order valence-corrected chi connectivity index (χ3v) is 3.42. The number of aryl methyl sites for hydroxylation is 1. The molecule has 0 fully saturated rings. The molecule has 2 rings (SSSR count). The van der Waals surface area contributed by atoms with Crippen LogP contribution in [0.15, 0.2) is 48.5 Å². The standard InChI is InChI=1S/C16H18N2O2/c1-2-13-8-9-14(18(19)20)11-15(13)16(17)10-12-6-4-3-5-7-12/h3-9,11,16H,2,10,17H2,1H3. The molecule has 0 aromatic heterocycles. The molecule has 0 aliphatic heterocycles. The number of benzene rings is 2. The van der Waals surface area contributed by atoms with Gasteiger partial charge in [-0.2, -0.15) is 0 Å². The summed E-state index contributed by atoms with van der Waals surface area (Å²) in [5.41, 5.74) is 9.42. The quantitative estimate of drug-likeness (QED) is 0.668. The average Bonchev–Trinajstić information content (AvgIpc) is 2.47.